The Morgan fingerprint density at radius 3 is 2.26 bits per heavy atom. The predicted molar refractivity (Wildman–Crippen MR) is 112 cm³/mol. The maximum absolute atomic E-state index is 12.5. The zero-order chi connectivity index (χ0) is 19.1. The highest BCUT2D eigenvalue weighted by molar-refractivity contribution is 9.10. The van der Waals surface area contributed by atoms with Crippen LogP contribution < -0.4 is 5.32 Å². The van der Waals surface area contributed by atoms with Crippen LogP contribution in [0.5, 0.6) is 0 Å². The maximum atomic E-state index is 12.5. The summed E-state index contributed by atoms with van der Waals surface area (Å²) < 4.78 is 1.03. The van der Waals surface area contributed by atoms with Crippen LogP contribution in [0.25, 0.3) is 6.08 Å². The summed E-state index contributed by atoms with van der Waals surface area (Å²) in [5, 5.41) is 12.2. The van der Waals surface area contributed by atoms with Crippen molar-refractivity contribution in [3.8, 4) is 6.07 Å². The second-order valence-corrected chi connectivity index (χ2v) is 6.81. The molecular formula is C23H17BrN2O. The number of carbonyl (C=O) groups excluding carboxylic acids is 1. The Bertz CT molecular complexity index is 1020. The molecule has 0 aliphatic rings. The molecule has 0 fully saturated rings. The summed E-state index contributed by atoms with van der Waals surface area (Å²) in [4.78, 5) is 12.5. The van der Waals surface area contributed by atoms with Crippen molar-refractivity contribution in [1.29, 1.82) is 5.26 Å². The predicted octanol–water partition coefficient (Wildman–Crippen LogP) is 5.59. The van der Waals surface area contributed by atoms with Crippen molar-refractivity contribution in [1.82, 2.24) is 0 Å². The average molecular weight is 417 g/mol. The number of benzene rings is 3. The van der Waals surface area contributed by atoms with E-state index in [4.69, 9.17) is 0 Å². The Morgan fingerprint density at radius 1 is 0.926 bits per heavy atom. The van der Waals surface area contributed by atoms with Gasteiger partial charge in [-0.15, -0.1) is 0 Å². The number of halogens is 1. The summed E-state index contributed by atoms with van der Waals surface area (Å²) in [6.07, 6.45) is 2.34. The molecule has 0 spiro atoms. The van der Waals surface area contributed by atoms with Gasteiger partial charge >= 0.3 is 0 Å². The minimum Gasteiger partial charge on any atom is -0.321 e. The first-order valence-corrected chi connectivity index (χ1v) is 9.26. The van der Waals surface area contributed by atoms with Crippen molar-refractivity contribution in [2.75, 3.05) is 5.32 Å². The van der Waals surface area contributed by atoms with Crippen LogP contribution in [0.15, 0.2) is 88.9 Å². The number of hydrogen-bond acceptors (Lipinski definition) is 2. The van der Waals surface area contributed by atoms with Gasteiger partial charge in [0.15, 0.2) is 0 Å². The highest BCUT2D eigenvalue weighted by atomic mass is 79.9. The minimum absolute atomic E-state index is 0.0680. The van der Waals surface area contributed by atoms with Gasteiger partial charge in [-0.05, 0) is 47.4 Å². The van der Waals surface area contributed by atoms with Crippen LogP contribution in [0.4, 0.5) is 5.69 Å². The smallest absolute Gasteiger partial charge is 0.266 e. The lowest BCUT2D eigenvalue weighted by molar-refractivity contribution is -0.112. The standard InChI is InChI=1S/C23H17BrN2O/c24-22-13-7-6-10-19(22)14-17-8-4-5-9-18(17)15-20(16-25)23(27)26-21-11-2-1-3-12-21/h1-13,15H,14H2,(H,26,27)/b20-15+. The third kappa shape index (κ3) is 4.93. The summed E-state index contributed by atoms with van der Waals surface area (Å²) in [7, 11) is 0. The summed E-state index contributed by atoms with van der Waals surface area (Å²) >= 11 is 3.57. The monoisotopic (exact) mass is 416 g/mol. The van der Waals surface area contributed by atoms with Crippen molar-refractivity contribution in [3.05, 3.63) is 106 Å². The van der Waals surface area contributed by atoms with Gasteiger partial charge < -0.3 is 5.32 Å². The molecule has 0 aromatic heterocycles. The molecule has 0 saturated carbocycles. The minimum atomic E-state index is -0.417. The lowest BCUT2D eigenvalue weighted by Gasteiger charge is -2.09. The Morgan fingerprint density at radius 2 is 1.56 bits per heavy atom. The molecule has 4 heteroatoms. The highest BCUT2D eigenvalue weighted by Gasteiger charge is 2.11. The number of amides is 1. The second kappa shape index (κ2) is 8.98. The fourth-order valence-electron chi connectivity index (χ4n) is 2.71. The van der Waals surface area contributed by atoms with Gasteiger partial charge in [-0.2, -0.15) is 5.26 Å². The van der Waals surface area contributed by atoms with Crippen LogP contribution in [-0.4, -0.2) is 5.91 Å². The third-order valence-electron chi connectivity index (χ3n) is 4.09. The maximum Gasteiger partial charge on any atom is 0.266 e. The number of nitrogens with zero attached hydrogens (tertiary/aromatic N) is 1. The van der Waals surface area contributed by atoms with E-state index in [1.54, 1.807) is 18.2 Å². The van der Waals surface area contributed by atoms with Gasteiger partial charge in [0.25, 0.3) is 5.91 Å². The molecule has 0 aliphatic heterocycles. The SMILES string of the molecule is N#C/C(=C\c1ccccc1Cc1ccccc1Br)C(=O)Nc1ccccc1. The van der Waals surface area contributed by atoms with Gasteiger partial charge in [0.1, 0.15) is 11.6 Å². The molecule has 0 saturated heterocycles. The number of nitriles is 1. The molecule has 3 nitrogen and oxygen atoms in total. The summed E-state index contributed by atoms with van der Waals surface area (Å²) in [6.45, 7) is 0. The fourth-order valence-corrected chi connectivity index (χ4v) is 3.13. The van der Waals surface area contributed by atoms with E-state index in [0.717, 1.165) is 21.2 Å². The van der Waals surface area contributed by atoms with E-state index in [1.165, 1.54) is 0 Å². The molecule has 3 rings (SSSR count). The van der Waals surface area contributed by atoms with E-state index in [9.17, 15) is 10.1 Å². The second-order valence-electron chi connectivity index (χ2n) is 5.96. The van der Waals surface area contributed by atoms with Crippen LogP contribution in [0.3, 0.4) is 0 Å². The van der Waals surface area contributed by atoms with E-state index in [-0.39, 0.29) is 5.57 Å². The molecule has 27 heavy (non-hydrogen) atoms. The lowest BCUT2D eigenvalue weighted by Crippen LogP contribution is -2.13. The largest absolute Gasteiger partial charge is 0.321 e. The van der Waals surface area contributed by atoms with Gasteiger partial charge in [-0.1, -0.05) is 76.6 Å². The molecule has 0 heterocycles. The Kier molecular flexibility index (Phi) is 6.19. The first kappa shape index (κ1) is 18.6. The lowest BCUT2D eigenvalue weighted by atomic mass is 9.98. The Balaban J connectivity index is 1.88. The molecule has 0 unspecified atom stereocenters. The van der Waals surface area contributed by atoms with Crippen LogP contribution >= 0.6 is 15.9 Å². The fraction of sp³-hybridized carbons (Fsp3) is 0.0435. The molecule has 0 aliphatic carbocycles. The van der Waals surface area contributed by atoms with Crippen LogP contribution in [-0.2, 0) is 11.2 Å². The Labute approximate surface area is 167 Å². The third-order valence-corrected chi connectivity index (χ3v) is 4.86. The zero-order valence-corrected chi connectivity index (χ0v) is 16.1. The van der Waals surface area contributed by atoms with E-state index in [0.29, 0.717) is 12.1 Å². The van der Waals surface area contributed by atoms with Crippen molar-refractivity contribution in [2.24, 2.45) is 0 Å². The number of para-hydroxylation sites is 1. The summed E-state index contributed by atoms with van der Waals surface area (Å²) in [5.74, 6) is -0.417. The molecule has 0 radical (unpaired) electrons. The first-order valence-electron chi connectivity index (χ1n) is 8.47. The van der Waals surface area contributed by atoms with Gasteiger partial charge in [-0.25, -0.2) is 0 Å². The van der Waals surface area contributed by atoms with Gasteiger partial charge in [0.2, 0.25) is 0 Å². The molecule has 0 atom stereocenters. The number of nitrogens with one attached hydrogen (secondary N) is 1. The van der Waals surface area contributed by atoms with E-state index in [1.807, 2.05) is 66.7 Å². The summed E-state index contributed by atoms with van der Waals surface area (Å²) in [6, 6.07) is 26.9. The quantitative estimate of drug-likeness (QED) is 0.435. The first-order chi connectivity index (χ1) is 13.2. The van der Waals surface area contributed by atoms with E-state index >= 15 is 0 Å². The van der Waals surface area contributed by atoms with E-state index < -0.39 is 5.91 Å². The molecule has 1 N–H and O–H groups in total. The zero-order valence-electron chi connectivity index (χ0n) is 14.5. The molecular weight excluding hydrogens is 400 g/mol. The Hall–Kier alpha value is -3.16. The normalized spacial score (nSPS) is 10.9. The van der Waals surface area contributed by atoms with Crippen LogP contribution in [0.1, 0.15) is 16.7 Å². The van der Waals surface area contributed by atoms with Gasteiger partial charge in [0.05, 0.1) is 0 Å². The van der Waals surface area contributed by atoms with Crippen LogP contribution in [0.2, 0.25) is 0 Å². The number of hydrogen-bond donors (Lipinski definition) is 1. The molecule has 0 bridgehead atoms. The summed E-state index contributed by atoms with van der Waals surface area (Å²) in [5.41, 5.74) is 3.77. The number of carbonyl (C=O) groups is 1. The van der Waals surface area contributed by atoms with Crippen molar-refractivity contribution in [2.45, 2.75) is 6.42 Å². The highest BCUT2D eigenvalue weighted by Crippen LogP contribution is 2.23. The average Bonchev–Trinajstić information content (AvgIpc) is 2.69. The van der Waals surface area contributed by atoms with Gasteiger partial charge in [-0.3, -0.25) is 4.79 Å². The topological polar surface area (TPSA) is 52.9 Å². The van der Waals surface area contributed by atoms with Crippen molar-refractivity contribution in [3.63, 3.8) is 0 Å². The molecule has 132 valence electrons. The number of anilines is 1. The molecule has 3 aromatic carbocycles. The van der Waals surface area contributed by atoms with Crippen molar-refractivity contribution >= 4 is 33.6 Å². The van der Waals surface area contributed by atoms with Crippen LogP contribution in [0, 0.1) is 11.3 Å². The number of rotatable bonds is 5. The molecule has 1 amide bonds. The molecule has 3 aromatic rings. The van der Waals surface area contributed by atoms with Gasteiger partial charge in [0, 0.05) is 10.2 Å². The van der Waals surface area contributed by atoms with E-state index in [2.05, 4.69) is 27.3 Å². The van der Waals surface area contributed by atoms with Crippen molar-refractivity contribution < 1.29 is 4.79 Å².